The maximum Gasteiger partial charge on any atom is 0.488 e. The summed E-state index contributed by atoms with van der Waals surface area (Å²) in [5, 5.41) is 113. The highest BCUT2D eigenvalue weighted by Gasteiger charge is 2.28. The molecule has 0 unspecified atom stereocenters. The second-order valence-corrected chi connectivity index (χ2v) is 39.2. The zero-order chi connectivity index (χ0) is 102. The monoisotopic (exact) mass is 1920 g/mol. The summed E-state index contributed by atoms with van der Waals surface area (Å²) < 4.78 is 47.6. The Balaban J connectivity index is 0.000000103. The molecule has 2 aliphatic rings. The molecule has 0 bridgehead atoms. The quantitative estimate of drug-likeness (QED) is 0.0391. The standard InChI is InChI=1S/2C28H19BO2S.C27H19BO2.C24H17BO2S.C19H15BO2/c30-29(31)20-10-3-9-19(17-20)22-12-5-15-25-26-16-6-14-24(28(26)32-27(22)25)23-13-4-8-18-7-1-2-11-21(18)23;30-29(31)22-9-3-8-20(17-22)23-10-4-12-25-26-13-5-11-24(28(26)32-27(23)25)21-15-14-18-6-1-2-7-19(18)16-21;29-28(30)19-15-26-20-8-3-1-6-17(20)12-13-24(26)27(16-19)23-11-5-10-22-21-9-4-2-7-18(21)14-25(22)23;26-25(27)18-10-4-9-17(15-18)20-12-6-14-22-21-13-5-11-19(23(21)28-24(20)22)16-7-2-1-3-8-16;21-20(22)15-7-3-6-13(11-15)17-9-4-10-18-16-8-2-1-5-14(16)12-19(17)18/h2*1-17,30-31H;1-13,15-16,29-30H,14H2;1-15,26-27H;1-11,21-22H,12H2/i;;;1D,2D,3D,7D,8D;. The fourth-order valence-corrected chi connectivity index (χ4v) is 24.9. The molecule has 0 spiro atoms. The van der Waals surface area contributed by atoms with Crippen LogP contribution in [0.25, 0.3) is 215 Å². The highest BCUT2D eigenvalue weighted by atomic mass is 32.1. The second-order valence-electron chi connectivity index (χ2n) is 36.1. The SMILES string of the molecule is OB(O)c1cc(-c2cccc3c2Cc2ccccc2-3)c2ccc3ccccc3c2c1.OB(O)c1cccc(-c2cccc3c2Cc2ccccc2-3)c1.OB(O)c1cccc(-c2cccc3c2sc2c(-c4ccc5ccccc5c4)cccc23)c1.OB(O)c1cccc(-c2cccc3c2sc2c(-c4cccc5ccccc45)cccc23)c1.[2H]c1c([2H])c([2H])c(-c2cccc3c2sc2c(-c4cccc(B(O)O)c4)cccc23)c([2H])c1[2H]. The molecule has 22 aromatic carbocycles. The summed E-state index contributed by atoms with van der Waals surface area (Å²) in [6.45, 7) is 0. The van der Waals surface area contributed by atoms with Crippen molar-refractivity contribution in [2.75, 3.05) is 0 Å². The lowest BCUT2D eigenvalue weighted by Crippen LogP contribution is -2.29. The van der Waals surface area contributed by atoms with Crippen molar-refractivity contribution < 1.29 is 57.1 Å². The fourth-order valence-electron chi connectivity index (χ4n) is 20.8. The molecule has 0 radical (unpaired) electrons. The first-order valence-electron chi connectivity index (χ1n) is 50.1. The average molecular weight is 1920 g/mol. The highest BCUT2D eigenvalue weighted by molar-refractivity contribution is 7.28. The molecule has 10 nitrogen and oxygen atoms in total. The molecule has 0 aliphatic heterocycles. The minimum Gasteiger partial charge on any atom is -0.423 e. The van der Waals surface area contributed by atoms with E-state index in [-0.39, 0.29) is 29.7 Å². The van der Waals surface area contributed by atoms with Gasteiger partial charge in [0.1, 0.15) is 0 Å². The summed E-state index contributed by atoms with van der Waals surface area (Å²) in [5.74, 6) is 0. The molecule has 0 atom stereocenters. The van der Waals surface area contributed by atoms with Crippen LogP contribution in [0.4, 0.5) is 0 Å². The van der Waals surface area contributed by atoms with Gasteiger partial charge in [-0.15, -0.1) is 34.0 Å². The Morgan fingerprint density at radius 2 is 0.472 bits per heavy atom. The maximum atomic E-state index is 10.0. The van der Waals surface area contributed by atoms with Gasteiger partial charge >= 0.3 is 35.6 Å². The number of rotatable bonds is 13. The Hall–Kier alpha value is -15.5. The lowest BCUT2D eigenvalue weighted by atomic mass is 9.76. The third-order valence-corrected chi connectivity index (χ3v) is 31.5. The van der Waals surface area contributed by atoms with Crippen molar-refractivity contribution in [3.63, 3.8) is 0 Å². The largest absolute Gasteiger partial charge is 0.488 e. The van der Waals surface area contributed by atoms with E-state index in [0.717, 1.165) is 110 Å². The van der Waals surface area contributed by atoms with E-state index < -0.39 is 41.6 Å². The van der Waals surface area contributed by atoms with Crippen LogP contribution in [0.1, 0.15) is 29.1 Å². The van der Waals surface area contributed by atoms with Gasteiger partial charge in [0.15, 0.2) is 0 Å². The molecule has 2 aliphatic carbocycles. The van der Waals surface area contributed by atoms with E-state index in [1.807, 2.05) is 115 Å². The predicted molar refractivity (Wildman–Crippen MR) is 610 cm³/mol. The van der Waals surface area contributed by atoms with Crippen LogP contribution in [-0.2, 0) is 12.8 Å². The Kier molecular flexibility index (Phi) is 23.8. The fraction of sp³-hybridized carbons (Fsp3) is 0.0159. The molecule has 144 heavy (non-hydrogen) atoms. The molecule has 0 amide bonds. The van der Waals surface area contributed by atoms with Crippen molar-refractivity contribution in [2.45, 2.75) is 12.8 Å². The summed E-state index contributed by atoms with van der Waals surface area (Å²) >= 11 is 5.09. The Labute approximate surface area is 852 Å². The van der Waals surface area contributed by atoms with Crippen LogP contribution in [0.5, 0.6) is 0 Å². The van der Waals surface area contributed by atoms with Crippen molar-refractivity contribution in [2.24, 2.45) is 0 Å². The zero-order valence-electron chi connectivity index (χ0n) is 82.4. The topological polar surface area (TPSA) is 202 Å². The van der Waals surface area contributed by atoms with Gasteiger partial charge in [-0.3, -0.25) is 0 Å². The Morgan fingerprint density at radius 3 is 0.931 bits per heavy atom. The van der Waals surface area contributed by atoms with Crippen molar-refractivity contribution in [3.05, 3.63) is 477 Å². The van der Waals surface area contributed by atoms with E-state index in [1.165, 1.54) is 140 Å². The molecule has 0 fully saturated rings. The number of fused-ring (bicyclic) bond motifs is 20. The molecule has 18 heteroatoms. The third-order valence-electron chi connectivity index (χ3n) is 27.6. The van der Waals surface area contributed by atoms with Gasteiger partial charge in [0.05, 0.1) is 6.85 Å². The summed E-state index contributed by atoms with van der Waals surface area (Å²) in [5.41, 5.74) is 28.9. The number of hydrogen-bond acceptors (Lipinski definition) is 13. The van der Waals surface area contributed by atoms with E-state index in [4.69, 9.17) is 6.85 Å². The lowest BCUT2D eigenvalue weighted by Gasteiger charge is -2.15. The van der Waals surface area contributed by atoms with Gasteiger partial charge in [0, 0.05) is 66.1 Å². The van der Waals surface area contributed by atoms with Gasteiger partial charge < -0.3 is 50.2 Å². The first-order chi connectivity index (χ1) is 72.6. The van der Waals surface area contributed by atoms with Crippen LogP contribution < -0.4 is 27.3 Å². The van der Waals surface area contributed by atoms with Gasteiger partial charge in [0.25, 0.3) is 0 Å². The first-order valence-corrected chi connectivity index (χ1v) is 50.0. The third kappa shape index (κ3) is 17.7. The molecular formula is C126H89B5O10S3. The molecule has 686 valence electrons. The average Bonchev–Trinajstić information content (AvgIpc) is 1.72. The van der Waals surface area contributed by atoms with Gasteiger partial charge in [-0.25, -0.2) is 0 Å². The predicted octanol–water partition coefficient (Wildman–Crippen LogP) is 25.0. The molecule has 25 aromatic rings. The normalized spacial score (nSPS) is 12.1. The van der Waals surface area contributed by atoms with Gasteiger partial charge in [-0.1, -0.05) is 449 Å². The van der Waals surface area contributed by atoms with Crippen LogP contribution in [0.2, 0.25) is 0 Å². The van der Waals surface area contributed by atoms with E-state index in [2.05, 4.69) is 267 Å². The summed E-state index contributed by atoms with van der Waals surface area (Å²) in [6, 6.07) is 142. The summed E-state index contributed by atoms with van der Waals surface area (Å²) in [7, 11) is -7.47. The molecule has 3 aromatic heterocycles. The second kappa shape index (κ2) is 39.7. The Morgan fingerprint density at radius 1 is 0.174 bits per heavy atom. The molecular weight excluding hydrogens is 1820 g/mol. The van der Waals surface area contributed by atoms with Crippen molar-refractivity contribution in [1.82, 2.24) is 0 Å². The summed E-state index contributed by atoms with van der Waals surface area (Å²) in [4.78, 5) is 0. The van der Waals surface area contributed by atoms with E-state index in [1.54, 1.807) is 65.1 Å². The summed E-state index contributed by atoms with van der Waals surface area (Å²) in [6.07, 6.45) is 1.82. The Bertz CT molecular complexity index is 9590. The molecule has 0 saturated carbocycles. The van der Waals surface area contributed by atoms with Gasteiger partial charge in [-0.2, -0.15) is 0 Å². The molecule has 3 heterocycles. The van der Waals surface area contributed by atoms with Crippen molar-refractivity contribution >= 4 is 201 Å². The van der Waals surface area contributed by atoms with Gasteiger partial charge in [-0.05, 0) is 217 Å². The molecule has 27 rings (SSSR count). The number of thiophene rings is 3. The van der Waals surface area contributed by atoms with E-state index >= 15 is 0 Å². The number of hydrogen-bond donors (Lipinski definition) is 10. The molecule has 10 N–H and O–H groups in total. The minimum atomic E-state index is -1.57. The first kappa shape index (κ1) is 86.4. The van der Waals surface area contributed by atoms with Gasteiger partial charge in [0.2, 0.25) is 0 Å². The number of benzene rings is 22. The van der Waals surface area contributed by atoms with Crippen LogP contribution in [-0.4, -0.2) is 85.8 Å². The highest BCUT2D eigenvalue weighted by Crippen LogP contribution is 2.51. The van der Waals surface area contributed by atoms with E-state index in [9.17, 15) is 50.2 Å². The van der Waals surface area contributed by atoms with Crippen molar-refractivity contribution in [1.29, 1.82) is 0 Å². The molecule has 0 saturated heterocycles. The lowest BCUT2D eigenvalue weighted by molar-refractivity contribution is 0.424. The maximum absolute atomic E-state index is 10.0. The van der Waals surface area contributed by atoms with Crippen LogP contribution in [0.15, 0.2) is 455 Å². The van der Waals surface area contributed by atoms with Crippen LogP contribution in [0.3, 0.4) is 0 Å². The zero-order valence-corrected chi connectivity index (χ0v) is 79.9. The van der Waals surface area contributed by atoms with Crippen LogP contribution >= 0.6 is 34.0 Å². The smallest absolute Gasteiger partial charge is 0.423 e. The minimum absolute atomic E-state index is 0.185. The van der Waals surface area contributed by atoms with Crippen molar-refractivity contribution in [3.8, 4) is 111 Å². The van der Waals surface area contributed by atoms with E-state index in [0.29, 0.717) is 32.9 Å². The van der Waals surface area contributed by atoms with Crippen LogP contribution in [0, 0.1) is 0 Å².